The molecule has 0 bridgehead atoms. The van der Waals surface area contributed by atoms with Gasteiger partial charge in [0.1, 0.15) is 0 Å². The summed E-state index contributed by atoms with van der Waals surface area (Å²) in [5, 5.41) is 3.32. The number of ether oxygens (including phenoxy) is 1. The Morgan fingerprint density at radius 2 is 2.26 bits per heavy atom. The van der Waals surface area contributed by atoms with E-state index >= 15 is 0 Å². The van der Waals surface area contributed by atoms with Crippen LogP contribution in [-0.2, 0) is 11.2 Å². The number of hydrogen-bond donors (Lipinski definition) is 1. The van der Waals surface area contributed by atoms with E-state index in [1.165, 1.54) is 5.56 Å². The molecule has 0 spiro atoms. The average molecular weight is 260 g/mol. The second-order valence-corrected chi connectivity index (χ2v) is 5.87. The van der Waals surface area contributed by atoms with Gasteiger partial charge < -0.3 is 15.0 Å². The van der Waals surface area contributed by atoms with Crippen LogP contribution in [0.15, 0.2) is 18.2 Å². The Morgan fingerprint density at radius 3 is 3.05 bits per heavy atom. The van der Waals surface area contributed by atoms with Gasteiger partial charge in [0.2, 0.25) is 0 Å². The summed E-state index contributed by atoms with van der Waals surface area (Å²) >= 11 is 0. The molecule has 3 rings (SSSR count). The van der Waals surface area contributed by atoms with Crippen LogP contribution >= 0.6 is 0 Å². The maximum Gasteiger partial charge on any atom is 0.254 e. The molecule has 2 aliphatic rings. The fourth-order valence-corrected chi connectivity index (χ4v) is 2.81. The highest BCUT2D eigenvalue weighted by molar-refractivity contribution is 5.96. The van der Waals surface area contributed by atoms with Gasteiger partial charge in [0.25, 0.3) is 5.91 Å². The Hall–Kier alpha value is -1.55. The van der Waals surface area contributed by atoms with Gasteiger partial charge in [-0.2, -0.15) is 0 Å². The normalized spacial score (nSPS) is 20.8. The number of rotatable bonds is 1. The molecule has 2 aliphatic heterocycles. The zero-order valence-corrected chi connectivity index (χ0v) is 11.5. The minimum atomic E-state index is -0.234. The highest BCUT2D eigenvalue weighted by atomic mass is 16.5. The molecule has 102 valence electrons. The minimum absolute atomic E-state index is 0.102. The minimum Gasteiger partial charge on any atom is -0.384 e. The lowest BCUT2D eigenvalue weighted by atomic mass is 10.00. The van der Waals surface area contributed by atoms with Crippen LogP contribution in [0.4, 0.5) is 5.69 Å². The molecule has 19 heavy (non-hydrogen) atoms. The van der Waals surface area contributed by atoms with Crippen LogP contribution in [0.5, 0.6) is 0 Å². The summed E-state index contributed by atoms with van der Waals surface area (Å²) in [5.74, 6) is 0.102. The summed E-state index contributed by atoms with van der Waals surface area (Å²) in [6.45, 7) is 6.96. The number of carbonyl (C=O) groups excluding carboxylic acids is 1. The zero-order chi connectivity index (χ0) is 13.5. The summed E-state index contributed by atoms with van der Waals surface area (Å²) in [6.07, 6.45) is 1.05. The summed E-state index contributed by atoms with van der Waals surface area (Å²) < 4.78 is 5.47. The molecule has 4 nitrogen and oxygen atoms in total. The molecule has 0 unspecified atom stereocenters. The number of benzene rings is 1. The van der Waals surface area contributed by atoms with Crippen molar-refractivity contribution in [3.63, 3.8) is 0 Å². The Balaban J connectivity index is 1.87. The number of nitrogens with one attached hydrogen (secondary N) is 1. The number of morpholine rings is 1. The summed E-state index contributed by atoms with van der Waals surface area (Å²) in [4.78, 5) is 14.6. The maximum absolute atomic E-state index is 12.7. The Bertz CT molecular complexity index is 511. The molecule has 1 amide bonds. The van der Waals surface area contributed by atoms with E-state index in [1.807, 2.05) is 17.0 Å². The number of carbonyl (C=O) groups is 1. The molecule has 1 fully saturated rings. The average Bonchev–Trinajstić information content (AvgIpc) is 2.84. The first-order valence-corrected chi connectivity index (χ1v) is 6.84. The van der Waals surface area contributed by atoms with Crippen molar-refractivity contribution in [2.45, 2.75) is 25.8 Å². The van der Waals surface area contributed by atoms with Crippen LogP contribution in [0.2, 0.25) is 0 Å². The summed E-state index contributed by atoms with van der Waals surface area (Å²) in [7, 11) is 0. The molecule has 0 saturated carbocycles. The Morgan fingerprint density at radius 1 is 1.42 bits per heavy atom. The number of amides is 1. The molecule has 0 aromatic heterocycles. The third-order valence-corrected chi connectivity index (χ3v) is 3.96. The van der Waals surface area contributed by atoms with Crippen molar-refractivity contribution in [3.05, 3.63) is 29.3 Å². The van der Waals surface area contributed by atoms with E-state index in [-0.39, 0.29) is 11.4 Å². The lowest BCUT2D eigenvalue weighted by Gasteiger charge is -2.42. The van der Waals surface area contributed by atoms with E-state index in [0.29, 0.717) is 19.8 Å². The number of anilines is 1. The van der Waals surface area contributed by atoms with Crippen LogP contribution in [0.25, 0.3) is 0 Å². The van der Waals surface area contributed by atoms with Crippen LogP contribution < -0.4 is 5.32 Å². The molecule has 0 radical (unpaired) electrons. The van der Waals surface area contributed by atoms with Gasteiger partial charge in [0.05, 0.1) is 18.8 Å². The second-order valence-electron chi connectivity index (χ2n) is 5.87. The molecule has 4 heteroatoms. The number of hydrogen-bond acceptors (Lipinski definition) is 3. The van der Waals surface area contributed by atoms with Gasteiger partial charge >= 0.3 is 0 Å². The molecule has 2 heterocycles. The Kier molecular flexibility index (Phi) is 2.97. The zero-order valence-electron chi connectivity index (χ0n) is 11.5. The molecule has 1 aromatic rings. The fourth-order valence-electron chi connectivity index (χ4n) is 2.81. The summed E-state index contributed by atoms with van der Waals surface area (Å²) in [6, 6.07) is 5.99. The number of fused-ring (bicyclic) bond motifs is 1. The molecular weight excluding hydrogens is 240 g/mol. The van der Waals surface area contributed by atoms with E-state index in [9.17, 15) is 4.79 Å². The highest BCUT2D eigenvalue weighted by Gasteiger charge is 2.34. The van der Waals surface area contributed by atoms with Crippen molar-refractivity contribution in [3.8, 4) is 0 Å². The van der Waals surface area contributed by atoms with Crippen LogP contribution in [-0.4, -0.2) is 42.6 Å². The quantitative estimate of drug-likeness (QED) is 0.838. The van der Waals surface area contributed by atoms with E-state index in [2.05, 4.69) is 25.2 Å². The first-order valence-electron chi connectivity index (χ1n) is 6.84. The SMILES string of the molecule is CC1(C)COCCN1C(=O)c1ccc2c(c1)NCC2. The van der Waals surface area contributed by atoms with Gasteiger partial charge in [-0.15, -0.1) is 0 Å². The maximum atomic E-state index is 12.7. The third kappa shape index (κ3) is 2.21. The van der Waals surface area contributed by atoms with Crippen molar-refractivity contribution in [1.29, 1.82) is 0 Å². The lowest BCUT2D eigenvalue weighted by Crippen LogP contribution is -2.55. The van der Waals surface area contributed by atoms with Gasteiger partial charge in [-0.3, -0.25) is 4.79 Å². The van der Waals surface area contributed by atoms with Crippen LogP contribution in [0.1, 0.15) is 29.8 Å². The smallest absolute Gasteiger partial charge is 0.254 e. The van der Waals surface area contributed by atoms with Crippen molar-refractivity contribution >= 4 is 11.6 Å². The van der Waals surface area contributed by atoms with Gasteiger partial charge in [0.15, 0.2) is 0 Å². The van der Waals surface area contributed by atoms with Crippen molar-refractivity contribution in [2.24, 2.45) is 0 Å². The molecule has 1 saturated heterocycles. The van der Waals surface area contributed by atoms with Gasteiger partial charge in [-0.1, -0.05) is 6.07 Å². The lowest BCUT2D eigenvalue weighted by molar-refractivity contribution is -0.0370. The molecule has 0 aliphatic carbocycles. The predicted molar refractivity (Wildman–Crippen MR) is 74.6 cm³/mol. The van der Waals surface area contributed by atoms with E-state index in [4.69, 9.17) is 4.74 Å². The van der Waals surface area contributed by atoms with E-state index in [0.717, 1.165) is 24.2 Å². The molecule has 1 aromatic carbocycles. The summed E-state index contributed by atoms with van der Waals surface area (Å²) in [5.41, 5.74) is 2.94. The Labute approximate surface area is 113 Å². The van der Waals surface area contributed by atoms with E-state index < -0.39 is 0 Å². The molecule has 0 atom stereocenters. The monoisotopic (exact) mass is 260 g/mol. The fraction of sp³-hybridized carbons (Fsp3) is 0.533. The van der Waals surface area contributed by atoms with Crippen molar-refractivity contribution in [2.75, 3.05) is 31.6 Å². The van der Waals surface area contributed by atoms with Crippen LogP contribution in [0, 0.1) is 0 Å². The first kappa shape index (κ1) is 12.5. The van der Waals surface area contributed by atoms with Crippen molar-refractivity contribution < 1.29 is 9.53 Å². The second kappa shape index (κ2) is 4.53. The first-order chi connectivity index (χ1) is 9.08. The van der Waals surface area contributed by atoms with Gasteiger partial charge in [0, 0.05) is 24.3 Å². The standard InChI is InChI=1S/C15H20N2O2/c1-15(2)10-19-8-7-17(15)14(18)12-4-3-11-5-6-16-13(11)9-12/h3-4,9,16H,5-8,10H2,1-2H3. The molecular formula is C15H20N2O2. The highest BCUT2D eigenvalue weighted by Crippen LogP contribution is 2.26. The van der Waals surface area contributed by atoms with Gasteiger partial charge in [-0.25, -0.2) is 0 Å². The van der Waals surface area contributed by atoms with Crippen LogP contribution in [0.3, 0.4) is 0 Å². The topological polar surface area (TPSA) is 41.6 Å². The molecule has 1 N–H and O–H groups in total. The van der Waals surface area contributed by atoms with E-state index in [1.54, 1.807) is 0 Å². The largest absolute Gasteiger partial charge is 0.384 e. The third-order valence-electron chi connectivity index (χ3n) is 3.96. The predicted octanol–water partition coefficient (Wildman–Crippen LogP) is 1.91. The van der Waals surface area contributed by atoms with Crippen molar-refractivity contribution in [1.82, 2.24) is 4.90 Å². The van der Waals surface area contributed by atoms with Gasteiger partial charge in [-0.05, 0) is 38.0 Å². The number of nitrogens with zero attached hydrogens (tertiary/aromatic N) is 1.